The highest BCUT2D eigenvalue weighted by molar-refractivity contribution is 8.00. The average molecular weight is 415 g/mol. The molecule has 0 radical (unpaired) electrons. The third kappa shape index (κ3) is 9.12. The van der Waals surface area contributed by atoms with Gasteiger partial charge in [0.25, 0.3) is 0 Å². The standard InChI is InChI=1S/C21H40N4S2/c1-16-8-10-18(16)26-14-12-24-20(22)6-4-3-5-7-21(23)25-13-15-27-19-11-9-17(19)2/h16-19H,3-15H2,1-2H3,(H2,22,24)(H2,23,25)/p+2. The van der Waals surface area contributed by atoms with Crippen LogP contribution in [-0.2, 0) is 0 Å². The van der Waals surface area contributed by atoms with Crippen molar-refractivity contribution in [2.75, 3.05) is 24.6 Å². The third-order valence-corrected chi connectivity index (χ3v) is 9.18. The summed E-state index contributed by atoms with van der Waals surface area (Å²) >= 11 is 4.21. The van der Waals surface area contributed by atoms with Gasteiger partial charge in [-0.2, -0.15) is 23.5 Å². The third-order valence-electron chi connectivity index (χ3n) is 6.05. The van der Waals surface area contributed by atoms with E-state index >= 15 is 0 Å². The fraction of sp³-hybridized carbons (Fsp3) is 0.905. The maximum atomic E-state index is 6.09. The van der Waals surface area contributed by atoms with Crippen molar-refractivity contribution in [1.29, 1.82) is 0 Å². The molecule has 0 aromatic carbocycles. The molecule has 0 saturated heterocycles. The molecular weight excluding hydrogens is 372 g/mol. The number of hydrogen-bond donors (Lipinski definition) is 4. The van der Waals surface area contributed by atoms with Gasteiger partial charge in [0, 0.05) is 34.8 Å². The minimum atomic E-state index is 0.892. The first-order chi connectivity index (χ1) is 13.1. The Kier molecular flexibility index (Phi) is 11.0. The van der Waals surface area contributed by atoms with Gasteiger partial charge in [0.1, 0.15) is 0 Å². The van der Waals surface area contributed by atoms with E-state index in [1.807, 2.05) is 0 Å². The summed E-state index contributed by atoms with van der Waals surface area (Å²) in [6.07, 6.45) is 11.1. The fourth-order valence-electron chi connectivity index (χ4n) is 3.60. The topological polar surface area (TPSA) is 80.0 Å². The Morgan fingerprint density at radius 2 is 1.19 bits per heavy atom. The molecule has 0 bridgehead atoms. The second-order valence-electron chi connectivity index (χ2n) is 8.39. The van der Waals surface area contributed by atoms with E-state index in [4.69, 9.17) is 11.5 Å². The number of thioether (sulfide) groups is 2. The molecule has 156 valence electrons. The zero-order valence-corrected chi connectivity index (χ0v) is 19.1. The van der Waals surface area contributed by atoms with Crippen molar-refractivity contribution in [3.05, 3.63) is 0 Å². The van der Waals surface area contributed by atoms with Crippen LogP contribution in [0.1, 0.15) is 71.6 Å². The molecule has 0 aromatic rings. The molecule has 0 heterocycles. The van der Waals surface area contributed by atoms with Crippen molar-refractivity contribution in [3.63, 3.8) is 0 Å². The predicted octanol–water partition coefficient (Wildman–Crippen LogP) is 0.876. The van der Waals surface area contributed by atoms with E-state index in [0.29, 0.717) is 0 Å². The van der Waals surface area contributed by atoms with Gasteiger partial charge in [-0.1, -0.05) is 20.3 Å². The fourth-order valence-corrected chi connectivity index (χ4v) is 6.18. The molecule has 0 amide bonds. The Morgan fingerprint density at radius 1 is 0.741 bits per heavy atom. The van der Waals surface area contributed by atoms with Crippen LogP contribution in [0, 0.1) is 11.8 Å². The molecule has 0 spiro atoms. The second kappa shape index (κ2) is 13.0. The van der Waals surface area contributed by atoms with Crippen LogP contribution in [-0.4, -0.2) is 46.8 Å². The van der Waals surface area contributed by atoms with Gasteiger partial charge in [0.15, 0.2) is 0 Å². The van der Waals surface area contributed by atoms with Crippen LogP contribution in [0.15, 0.2) is 0 Å². The summed E-state index contributed by atoms with van der Waals surface area (Å²) in [6, 6.07) is 0. The Hall–Kier alpha value is -0.360. The minimum absolute atomic E-state index is 0.892. The quantitative estimate of drug-likeness (QED) is 0.193. The van der Waals surface area contributed by atoms with Crippen molar-refractivity contribution in [1.82, 2.24) is 0 Å². The Labute approximate surface area is 175 Å². The van der Waals surface area contributed by atoms with Gasteiger partial charge < -0.3 is 0 Å². The normalized spacial score (nSPS) is 28.7. The van der Waals surface area contributed by atoms with Gasteiger partial charge in [0.05, 0.1) is 13.1 Å². The van der Waals surface area contributed by atoms with Gasteiger partial charge in [0.2, 0.25) is 11.7 Å². The van der Waals surface area contributed by atoms with Crippen LogP contribution >= 0.6 is 23.5 Å². The minimum Gasteiger partial charge on any atom is -0.291 e. The summed E-state index contributed by atoms with van der Waals surface area (Å²) in [7, 11) is 0. The predicted molar refractivity (Wildman–Crippen MR) is 122 cm³/mol. The smallest absolute Gasteiger partial charge is 0.240 e. The van der Waals surface area contributed by atoms with Crippen LogP contribution < -0.4 is 21.5 Å². The Morgan fingerprint density at radius 3 is 1.52 bits per heavy atom. The highest BCUT2D eigenvalue weighted by atomic mass is 32.2. The van der Waals surface area contributed by atoms with Gasteiger partial charge in [-0.3, -0.25) is 21.5 Å². The lowest BCUT2D eigenvalue weighted by molar-refractivity contribution is -0.453. The maximum absolute atomic E-state index is 6.09. The summed E-state index contributed by atoms with van der Waals surface area (Å²) in [6.45, 7) is 6.73. The van der Waals surface area contributed by atoms with Gasteiger partial charge in [-0.05, 0) is 50.4 Å². The van der Waals surface area contributed by atoms with E-state index in [9.17, 15) is 0 Å². The van der Waals surface area contributed by atoms with E-state index < -0.39 is 0 Å². The molecule has 0 aliphatic heterocycles. The molecule has 6 N–H and O–H groups in total. The van der Waals surface area contributed by atoms with Crippen LogP contribution in [0.2, 0.25) is 0 Å². The zero-order chi connectivity index (χ0) is 19.5. The molecule has 2 fully saturated rings. The highest BCUT2D eigenvalue weighted by Crippen LogP contribution is 2.37. The molecule has 4 nitrogen and oxygen atoms in total. The molecule has 4 unspecified atom stereocenters. The van der Waals surface area contributed by atoms with E-state index in [1.165, 1.54) is 43.6 Å². The number of unbranched alkanes of at least 4 members (excludes halogenated alkanes) is 2. The van der Waals surface area contributed by atoms with E-state index in [0.717, 1.165) is 72.8 Å². The zero-order valence-electron chi connectivity index (χ0n) is 17.5. The number of nitrogens with one attached hydrogen (secondary N) is 2. The number of rotatable bonds is 14. The van der Waals surface area contributed by atoms with Crippen molar-refractivity contribution in [2.45, 2.75) is 82.1 Å². The van der Waals surface area contributed by atoms with Crippen LogP contribution in [0.5, 0.6) is 0 Å². The van der Waals surface area contributed by atoms with Gasteiger partial charge >= 0.3 is 0 Å². The summed E-state index contributed by atoms with van der Waals surface area (Å²) in [4.78, 5) is 6.77. The first-order valence-electron chi connectivity index (χ1n) is 11.0. The monoisotopic (exact) mass is 414 g/mol. The molecule has 6 heteroatoms. The summed E-state index contributed by atoms with van der Waals surface area (Å²) < 4.78 is 0. The molecule has 2 aliphatic carbocycles. The van der Waals surface area contributed by atoms with Gasteiger partial charge in [-0.15, -0.1) is 0 Å². The van der Waals surface area contributed by atoms with E-state index in [2.05, 4.69) is 47.4 Å². The Bertz CT molecular complexity index is 439. The molecule has 2 rings (SSSR count). The van der Waals surface area contributed by atoms with Crippen LogP contribution in [0.3, 0.4) is 0 Å². The summed E-state index contributed by atoms with van der Waals surface area (Å²) in [5.74, 6) is 6.08. The number of nitrogens with two attached hydrogens (primary N) is 2. The SMILES string of the molecule is CC1CCC1SCC[NH+]=C(N)CCCCCC(N)=[NH+]CCSC1CCC1C. The van der Waals surface area contributed by atoms with Crippen LogP contribution in [0.4, 0.5) is 0 Å². The van der Waals surface area contributed by atoms with Gasteiger partial charge in [-0.25, -0.2) is 0 Å². The van der Waals surface area contributed by atoms with Crippen molar-refractivity contribution in [3.8, 4) is 0 Å². The second-order valence-corrected chi connectivity index (χ2v) is 11.1. The molecule has 2 saturated carbocycles. The highest BCUT2D eigenvalue weighted by Gasteiger charge is 2.27. The molecule has 0 aromatic heterocycles. The van der Waals surface area contributed by atoms with E-state index in [-0.39, 0.29) is 0 Å². The van der Waals surface area contributed by atoms with E-state index in [1.54, 1.807) is 0 Å². The summed E-state index contributed by atoms with van der Waals surface area (Å²) in [5.41, 5.74) is 12.2. The summed E-state index contributed by atoms with van der Waals surface area (Å²) in [5, 5.41) is 1.78. The first kappa shape index (κ1) is 22.9. The first-order valence-corrected chi connectivity index (χ1v) is 13.1. The maximum Gasteiger partial charge on any atom is 0.240 e. The number of amidine groups is 2. The molecular formula is C21H42N4S2+2. The lowest BCUT2D eigenvalue weighted by atomic mass is 9.87. The van der Waals surface area contributed by atoms with Crippen molar-refractivity contribution in [2.24, 2.45) is 23.3 Å². The lowest BCUT2D eigenvalue weighted by Crippen LogP contribution is -2.76. The van der Waals surface area contributed by atoms with Crippen LogP contribution in [0.25, 0.3) is 0 Å². The van der Waals surface area contributed by atoms with Crippen molar-refractivity contribution >= 4 is 35.2 Å². The molecule has 4 atom stereocenters. The van der Waals surface area contributed by atoms with Crippen molar-refractivity contribution < 1.29 is 9.98 Å². The average Bonchev–Trinajstić information content (AvgIpc) is 2.64. The molecule has 27 heavy (non-hydrogen) atoms. The lowest BCUT2D eigenvalue weighted by Gasteiger charge is -2.32. The molecule has 2 aliphatic rings. The number of hydrogen-bond acceptors (Lipinski definition) is 2. The Balaban J connectivity index is 1.40. The largest absolute Gasteiger partial charge is 0.291 e.